The van der Waals surface area contributed by atoms with E-state index >= 15 is 0 Å². The molecule has 2 aliphatic heterocycles. The van der Waals surface area contributed by atoms with Gasteiger partial charge in [-0.25, -0.2) is 0 Å². The van der Waals surface area contributed by atoms with E-state index in [1.165, 1.54) is 4.90 Å². The molecule has 6 nitrogen and oxygen atoms in total. The molecule has 0 radical (unpaired) electrons. The van der Waals surface area contributed by atoms with Gasteiger partial charge in [-0.3, -0.25) is 19.3 Å². The van der Waals surface area contributed by atoms with E-state index < -0.39 is 16.1 Å². The Kier molecular flexibility index (Phi) is 5.65. The molecule has 2 atom stereocenters. The number of aryl methyl sites for hydroxylation is 1. The van der Waals surface area contributed by atoms with Crippen LogP contribution in [-0.4, -0.2) is 28.1 Å². The molecule has 0 aromatic heterocycles. The second kappa shape index (κ2) is 8.65. The zero-order valence-electron chi connectivity index (χ0n) is 18.7. The maximum absolute atomic E-state index is 14.2. The summed E-state index contributed by atoms with van der Waals surface area (Å²) in [5.74, 6) is -1.66. The van der Waals surface area contributed by atoms with Crippen LogP contribution >= 0.6 is 11.8 Å². The molecule has 0 saturated carbocycles. The van der Waals surface area contributed by atoms with Crippen molar-refractivity contribution in [1.82, 2.24) is 0 Å². The van der Waals surface area contributed by atoms with E-state index in [4.69, 9.17) is 0 Å². The Balaban J connectivity index is 1.66. The lowest BCUT2D eigenvalue weighted by Crippen LogP contribution is -2.49. The minimum Gasteiger partial charge on any atom is -0.481 e. The summed E-state index contributed by atoms with van der Waals surface area (Å²) in [6.07, 6.45) is 0.505. The van der Waals surface area contributed by atoms with Gasteiger partial charge >= 0.3 is 5.97 Å². The molecule has 5 rings (SSSR count). The van der Waals surface area contributed by atoms with Gasteiger partial charge in [0, 0.05) is 11.3 Å². The molecule has 0 bridgehead atoms. The molecule has 0 unspecified atom stereocenters. The predicted molar refractivity (Wildman–Crippen MR) is 133 cm³/mol. The third-order valence-electron chi connectivity index (χ3n) is 6.36. The van der Waals surface area contributed by atoms with Gasteiger partial charge in [-0.2, -0.15) is 0 Å². The van der Waals surface area contributed by atoms with Crippen LogP contribution in [0.1, 0.15) is 30.0 Å². The molecule has 1 fully saturated rings. The summed E-state index contributed by atoms with van der Waals surface area (Å²) in [7, 11) is 0. The highest BCUT2D eigenvalue weighted by Crippen LogP contribution is 2.58. The molecule has 34 heavy (non-hydrogen) atoms. The fraction of sp³-hybridized carbons (Fsp3) is 0.222. The van der Waals surface area contributed by atoms with E-state index in [1.807, 2.05) is 78.9 Å². The van der Waals surface area contributed by atoms with E-state index in [2.05, 4.69) is 6.92 Å². The van der Waals surface area contributed by atoms with Gasteiger partial charge in [-0.05, 0) is 35.7 Å². The van der Waals surface area contributed by atoms with Crippen molar-refractivity contribution < 1.29 is 19.5 Å². The summed E-state index contributed by atoms with van der Waals surface area (Å²) in [6, 6.07) is 24.8. The average molecular weight is 473 g/mol. The lowest BCUT2D eigenvalue weighted by Gasteiger charge is -2.33. The number of hydrogen-bond donors (Lipinski definition) is 1. The van der Waals surface area contributed by atoms with Crippen molar-refractivity contribution in [1.29, 1.82) is 0 Å². The number of amides is 2. The number of aliphatic carboxylic acids is 1. The van der Waals surface area contributed by atoms with E-state index in [-0.39, 0.29) is 18.2 Å². The van der Waals surface area contributed by atoms with Crippen LogP contribution in [0.5, 0.6) is 0 Å². The molecule has 2 amide bonds. The number of carboxylic acid groups (broad SMARTS) is 1. The Morgan fingerprint density at radius 1 is 0.941 bits per heavy atom. The Labute approximate surface area is 202 Å². The highest BCUT2D eigenvalue weighted by Gasteiger charge is 2.64. The van der Waals surface area contributed by atoms with Gasteiger partial charge in [-0.15, -0.1) is 11.8 Å². The molecule has 172 valence electrons. The molecular weight excluding hydrogens is 448 g/mol. The first-order valence-corrected chi connectivity index (χ1v) is 12.1. The number of hydrogen-bond acceptors (Lipinski definition) is 4. The molecule has 7 heteroatoms. The Hall–Kier alpha value is -3.58. The Morgan fingerprint density at radius 3 is 2.29 bits per heavy atom. The first kappa shape index (κ1) is 22.2. The second-order valence-corrected chi connectivity index (χ2v) is 9.83. The second-order valence-electron chi connectivity index (χ2n) is 8.44. The first-order chi connectivity index (χ1) is 16.5. The number of thioether (sulfide) groups is 1. The molecule has 3 aromatic rings. The van der Waals surface area contributed by atoms with Crippen LogP contribution in [0.4, 0.5) is 11.4 Å². The van der Waals surface area contributed by atoms with Gasteiger partial charge in [0.05, 0.1) is 23.9 Å². The largest absolute Gasteiger partial charge is 0.481 e. The monoisotopic (exact) mass is 472 g/mol. The Bertz CT molecular complexity index is 1260. The van der Waals surface area contributed by atoms with Crippen LogP contribution in [-0.2, 0) is 32.2 Å². The number of para-hydroxylation sites is 1. The van der Waals surface area contributed by atoms with Crippen LogP contribution in [0.25, 0.3) is 0 Å². The first-order valence-electron chi connectivity index (χ1n) is 11.2. The molecule has 2 heterocycles. The summed E-state index contributed by atoms with van der Waals surface area (Å²) in [5, 5.41) is 8.61. The number of carbonyl (C=O) groups is 3. The Morgan fingerprint density at radius 2 is 1.62 bits per heavy atom. The minimum absolute atomic E-state index is 0.233. The number of carbonyl (C=O) groups excluding carboxylic acids is 2. The highest BCUT2D eigenvalue weighted by atomic mass is 32.2. The summed E-state index contributed by atoms with van der Waals surface area (Å²) in [6.45, 7) is 2.41. The van der Waals surface area contributed by atoms with E-state index in [9.17, 15) is 19.5 Å². The van der Waals surface area contributed by atoms with Gasteiger partial charge in [0.25, 0.3) is 5.91 Å². The predicted octanol–water partition coefficient (Wildman–Crippen LogP) is 4.57. The SMILES string of the molecule is CCc1ccc(N2C(=O)[C@H](CC(=O)O)S[C@@]23C(=O)N(Cc2ccccc2)c2ccccc23)cc1. The highest BCUT2D eigenvalue weighted by molar-refractivity contribution is 8.03. The van der Waals surface area contributed by atoms with Crippen LogP contribution in [0.3, 0.4) is 0 Å². The third kappa shape index (κ3) is 3.47. The number of carboxylic acids is 1. The fourth-order valence-corrected chi connectivity index (χ4v) is 6.40. The molecule has 2 aliphatic rings. The maximum atomic E-state index is 14.2. The van der Waals surface area contributed by atoms with Crippen molar-refractivity contribution in [3.63, 3.8) is 0 Å². The molecule has 3 aromatic carbocycles. The molecular formula is C27H24N2O4S. The van der Waals surface area contributed by atoms with Crippen molar-refractivity contribution in [2.45, 2.75) is 36.4 Å². The number of anilines is 2. The summed E-state index contributed by atoms with van der Waals surface area (Å²) in [5.41, 5.74) is 4.12. The molecule has 0 aliphatic carbocycles. The maximum Gasteiger partial charge on any atom is 0.305 e. The molecule has 1 saturated heterocycles. The molecule has 1 spiro atoms. The van der Waals surface area contributed by atoms with Crippen molar-refractivity contribution in [2.75, 3.05) is 9.80 Å². The van der Waals surface area contributed by atoms with Crippen molar-refractivity contribution >= 4 is 40.9 Å². The normalized spacial score (nSPS) is 21.4. The smallest absolute Gasteiger partial charge is 0.305 e. The zero-order valence-corrected chi connectivity index (χ0v) is 19.5. The fourth-order valence-electron chi connectivity index (χ4n) is 4.74. The average Bonchev–Trinajstić information content (AvgIpc) is 3.26. The van der Waals surface area contributed by atoms with Gasteiger partial charge in [0.1, 0.15) is 0 Å². The van der Waals surface area contributed by atoms with Gasteiger partial charge in [0.2, 0.25) is 10.8 Å². The zero-order chi connectivity index (χ0) is 23.9. The summed E-state index contributed by atoms with van der Waals surface area (Å²) >= 11 is 1.14. The van der Waals surface area contributed by atoms with Crippen LogP contribution < -0.4 is 9.80 Å². The minimum atomic E-state index is -1.35. The topological polar surface area (TPSA) is 77.9 Å². The van der Waals surface area contributed by atoms with Gasteiger partial charge in [0.15, 0.2) is 0 Å². The number of nitrogens with zero attached hydrogens (tertiary/aromatic N) is 2. The summed E-state index contributed by atoms with van der Waals surface area (Å²) < 4.78 is 0. The lowest BCUT2D eigenvalue weighted by molar-refractivity contribution is -0.138. The van der Waals surface area contributed by atoms with E-state index in [0.29, 0.717) is 17.8 Å². The van der Waals surface area contributed by atoms with Gasteiger partial charge in [-0.1, -0.05) is 67.6 Å². The van der Waals surface area contributed by atoms with Crippen LogP contribution in [0.15, 0.2) is 78.9 Å². The van der Waals surface area contributed by atoms with Crippen molar-refractivity contribution in [3.8, 4) is 0 Å². The van der Waals surface area contributed by atoms with Crippen molar-refractivity contribution in [3.05, 3.63) is 95.6 Å². The van der Waals surface area contributed by atoms with E-state index in [1.54, 1.807) is 4.90 Å². The summed E-state index contributed by atoms with van der Waals surface area (Å²) in [4.78, 5) is 41.4. The van der Waals surface area contributed by atoms with Gasteiger partial charge < -0.3 is 10.0 Å². The number of rotatable bonds is 6. The third-order valence-corrected chi connectivity index (χ3v) is 7.94. The quantitative estimate of drug-likeness (QED) is 0.569. The van der Waals surface area contributed by atoms with E-state index in [0.717, 1.165) is 35.0 Å². The van der Waals surface area contributed by atoms with Crippen LogP contribution in [0, 0.1) is 0 Å². The van der Waals surface area contributed by atoms with Crippen LogP contribution in [0.2, 0.25) is 0 Å². The lowest BCUT2D eigenvalue weighted by atomic mass is 10.0. The number of fused-ring (bicyclic) bond motifs is 2. The number of benzene rings is 3. The van der Waals surface area contributed by atoms with Crippen molar-refractivity contribution in [2.24, 2.45) is 0 Å². The standard InChI is InChI=1S/C27H24N2O4S/c1-2-18-12-14-20(15-13-18)29-25(32)23(16-24(30)31)34-27(29)21-10-6-7-11-22(21)28(26(27)33)17-19-8-4-3-5-9-19/h3-15,23H,2,16-17H2,1H3,(H,30,31)/t23-,27-/m0/s1. The molecule has 1 N–H and O–H groups in total.